The first-order chi connectivity index (χ1) is 8.15. The lowest BCUT2D eigenvalue weighted by Gasteiger charge is -2.12. The van der Waals surface area contributed by atoms with Gasteiger partial charge in [-0.05, 0) is 28.8 Å². The molecule has 3 N–H and O–H groups in total. The second-order valence-corrected chi connectivity index (χ2v) is 4.75. The molecule has 0 aromatic carbocycles. The Kier molecular flexibility index (Phi) is 3.90. The van der Waals surface area contributed by atoms with Crippen molar-refractivity contribution in [3.05, 3.63) is 16.9 Å². The van der Waals surface area contributed by atoms with Crippen LogP contribution in [0.5, 0.6) is 0 Å². The number of primary amides is 1. The molecule has 17 heavy (non-hydrogen) atoms. The Morgan fingerprint density at radius 1 is 1.53 bits per heavy atom. The quantitative estimate of drug-likeness (QED) is 0.853. The third-order valence-corrected chi connectivity index (χ3v) is 2.94. The zero-order valence-corrected chi connectivity index (χ0v) is 10.7. The van der Waals surface area contributed by atoms with E-state index in [9.17, 15) is 4.79 Å². The zero-order chi connectivity index (χ0) is 12.3. The van der Waals surface area contributed by atoms with Crippen molar-refractivity contribution < 1.29 is 9.53 Å². The summed E-state index contributed by atoms with van der Waals surface area (Å²) in [6.07, 6.45) is 4.36. The first kappa shape index (κ1) is 12.3. The van der Waals surface area contributed by atoms with E-state index in [0.29, 0.717) is 18.9 Å². The number of hydrogen-bond donors (Lipinski definition) is 2. The number of halogens is 1. The molecule has 1 saturated heterocycles. The minimum Gasteiger partial charge on any atom is -0.367 e. The minimum absolute atomic E-state index is 0.0141. The van der Waals surface area contributed by atoms with Crippen molar-refractivity contribution in [2.24, 2.45) is 5.73 Å². The molecule has 2 unspecified atom stereocenters. The van der Waals surface area contributed by atoms with Crippen molar-refractivity contribution in [2.75, 3.05) is 11.9 Å². The van der Waals surface area contributed by atoms with E-state index in [4.69, 9.17) is 10.5 Å². The van der Waals surface area contributed by atoms with Gasteiger partial charge in [-0.1, -0.05) is 0 Å². The molecule has 1 fully saturated rings. The highest BCUT2D eigenvalue weighted by Gasteiger charge is 2.28. The molecule has 1 amide bonds. The van der Waals surface area contributed by atoms with Crippen molar-refractivity contribution in [3.63, 3.8) is 0 Å². The van der Waals surface area contributed by atoms with Crippen molar-refractivity contribution >= 4 is 27.8 Å². The Morgan fingerprint density at radius 3 is 2.82 bits per heavy atom. The Morgan fingerprint density at radius 2 is 2.24 bits per heavy atom. The van der Waals surface area contributed by atoms with E-state index in [1.165, 1.54) is 0 Å². The van der Waals surface area contributed by atoms with E-state index in [1.54, 1.807) is 12.4 Å². The van der Waals surface area contributed by atoms with Crippen LogP contribution in [0.3, 0.4) is 0 Å². The summed E-state index contributed by atoms with van der Waals surface area (Å²) in [7, 11) is 0. The molecular formula is C10H13BrN4O2. The predicted molar refractivity (Wildman–Crippen MR) is 65.3 cm³/mol. The van der Waals surface area contributed by atoms with Crippen LogP contribution in [-0.4, -0.2) is 34.6 Å². The lowest BCUT2D eigenvalue weighted by Crippen LogP contribution is -2.30. The maximum atomic E-state index is 10.9. The number of carbonyl (C=O) groups excluding carboxylic acids is 1. The van der Waals surface area contributed by atoms with Gasteiger partial charge < -0.3 is 15.8 Å². The van der Waals surface area contributed by atoms with Gasteiger partial charge in [0.2, 0.25) is 11.9 Å². The average Bonchev–Trinajstić information content (AvgIpc) is 2.77. The predicted octanol–water partition coefficient (Wildman–Crippen LogP) is 0.684. The van der Waals surface area contributed by atoms with Gasteiger partial charge in [0.05, 0.1) is 10.6 Å². The van der Waals surface area contributed by atoms with Crippen LogP contribution in [0.25, 0.3) is 0 Å². The van der Waals surface area contributed by atoms with E-state index < -0.39 is 12.0 Å². The number of nitrogens with one attached hydrogen (secondary N) is 1. The molecule has 7 heteroatoms. The molecule has 92 valence electrons. The first-order valence-electron chi connectivity index (χ1n) is 5.31. The van der Waals surface area contributed by atoms with Gasteiger partial charge in [0.1, 0.15) is 6.10 Å². The fourth-order valence-corrected chi connectivity index (χ4v) is 1.88. The van der Waals surface area contributed by atoms with Crippen molar-refractivity contribution in [2.45, 2.75) is 25.0 Å². The molecule has 1 aromatic heterocycles. The monoisotopic (exact) mass is 300 g/mol. The molecule has 6 nitrogen and oxygen atoms in total. The van der Waals surface area contributed by atoms with E-state index in [1.807, 2.05) is 0 Å². The van der Waals surface area contributed by atoms with E-state index in [-0.39, 0.29) is 6.10 Å². The lowest BCUT2D eigenvalue weighted by atomic mass is 10.2. The number of aromatic nitrogens is 2. The number of rotatable bonds is 4. The molecular weight excluding hydrogens is 288 g/mol. The molecule has 1 aliphatic heterocycles. The summed E-state index contributed by atoms with van der Waals surface area (Å²) < 4.78 is 6.29. The molecule has 1 aromatic rings. The van der Waals surface area contributed by atoms with Gasteiger partial charge in [0, 0.05) is 18.9 Å². The third kappa shape index (κ3) is 3.37. The summed E-state index contributed by atoms with van der Waals surface area (Å²) >= 11 is 3.26. The molecule has 2 rings (SSSR count). The Bertz CT molecular complexity index is 398. The number of ether oxygens (including phenoxy) is 1. The highest BCUT2D eigenvalue weighted by Crippen LogP contribution is 2.19. The largest absolute Gasteiger partial charge is 0.367 e. The van der Waals surface area contributed by atoms with Crippen LogP contribution >= 0.6 is 15.9 Å². The summed E-state index contributed by atoms with van der Waals surface area (Å²) in [5.74, 6) is 0.145. The normalized spacial score (nSPS) is 23.6. The van der Waals surface area contributed by atoms with Gasteiger partial charge in [-0.15, -0.1) is 0 Å². The minimum atomic E-state index is -0.451. The zero-order valence-electron chi connectivity index (χ0n) is 9.10. The maximum Gasteiger partial charge on any atom is 0.246 e. The molecule has 0 aliphatic carbocycles. The van der Waals surface area contributed by atoms with Crippen molar-refractivity contribution in [1.82, 2.24) is 9.97 Å². The summed E-state index contributed by atoms with van der Waals surface area (Å²) in [6, 6.07) is 0. The second-order valence-electron chi connectivity index (χ2n) is 3.83. The van der Waals surface area contributed by atoms with Gasteiger partial charge in [-0.2, -0.15) is 0 Å². The van der Waals surface area contributed by atoms with Gasteiger partial charge in [0.15, 0.2) is 0 Å². The highest BCUT2D eigenvalue weighted by molar-refractivity contribution is 9.10. The van der Waals surface area contributed by atoms with Crippen LogP contribution in [0, 0.1) is 0 Å². The molecule has 0 bridgehead atoms. The van der Waals surface area contributed by atoms with E-state index in [2.05, 4.69) is 31.2 Å². The topological polar surface area (TPSA) is 90.1 Å². The average molecular weight is 301 g/mol. The van der Waals surface area contributed by atoms with Gasteiger partial charge in [0.25, 0.3) is 0 Å². The highest BCUT2D eigenvalue weighted by atomic mass is 79.9. The SMILES string of the molecule is NC(=O)C1CCC(CNc2ncc(Br)cn2)O1. The van der Waals surface area contributed by atoms with Gasteiger partial charge in [-0.3, -0.25) is 4.79 Å². The summed E-state index contributed by atoms with van der Waals surface area (Å²) in [6.45, 7) is 0.575. The second kappa shape index (κ2) is 5.42. The standard InChI is InChI=1S/C10H13BrN4O2/c11-6-3-13-10(14-4-6)15-5-7-1-2-8(17-7)9(12)16/h3-4,7-8H,1-2,5H2,(H2,12,16)(H,13,14,15). The van der Waals surface area contributed by atoms with E-state index >= 15 is 0 Å². The smallest absolute Gasteiger partial charge is 0.246 e. The molecule has 0 radical (unpaired) electrons. The van der Waals surface area contributed by atoms with Crippen LogP contribution in [0.2, 0.25) is 0 Å². The number of anilines is 1. The fraction of sp³-hybridized carbons (Fsp3) is 0.500. The number of carbonyl (C=O) groups is 1. The van der Waals surface area contributed by atoms with Crippen LogP contribution in [0.15, 0.2) is 16.9 Å². The Hall–Kier alpha value is -1.21. The summed E-state index contributed by atoms with van der Waals surface area (Å²) in [5, 5.41) is 3.05. The van der Waals surface area contributed by atoms with Crippen molar-refractivity contribution in [1.29, 1.82) is 0 Å². The number of hydrogen-bond acceptors (Lipinski definition) is 5. The number of nitrogens with zero attached hydrogens (tertiary/aromatic N) is 2. The van der Waals surface area contributed by atoms with Crippen molar-refractivity contribution in [3.8, 4) is 0 Å². The summed E-state index contributed by atoms with van der Waals surface area (Å²) in [5.41, 5.74) is 5.17. The van der Waals surface area contributed by atoms with Gasteiger partial charge >= 0.3 is 0 Å². The maximum absolute atomic E-state index is 10.9. The Labute approximate surface area is 107 Å². The molecule has 2 heterocycles. The fourth-order valence-electron chi connectivity index (χ4n) is 1.67. The summed E-state index contributed by atoms with van der Waals surface area (Å²) in [4.78, 5) is 19.1. The molecule has 0 saturated carbocycles. The van der Waals surface area contributed by atoms with E-state index in [0.717, 1.165) is 10.9 Å². The molecule has 1 aliphatic rings. The third-order valence-electron chi connectivity index (χ3n) is 2.53. The van der Waals surface area contributed by atoms with Crippen LogP contribution in [0.4, 0.5) is 5.95 Å². The van der Waals surface area contributed by atoms with Gasteiger partial charge in [-0.25, -0.2) is 9.97 Å². The van der Waals surface area contributed by atoms with Crippen LogP contribution < -0.4 is 11.1 Å². The number of amides is 1. The van der Waals surface area contributed by atoms with Crippen LogP contribution in [-0.2, 0) is 9.53 Å². The van der Waals surface area contributed by atoms with Crippen LogP contribution in [0.1, 0.15) is 12.8 Å². The molecule has 0 spiro atoms. The molecule has 2 atom stereocenters. The number of nitrogens with two attached hydrogens (primary N) is 1. The lowest BCUT2D eigenvalue weighted by molar-refractivity contribution is -0.128. The Balaban J connectivity index is 1.80. The first-order valence-corrected chi connectivity index (χ1v) is 6.10.